The number of likely N-dealkylation sites (tertiary alicyclic amines) is 1. The maximum absolute atomic E-state index is 13.1. The van der Waals surface area contributed by atoms with E-state index < -0.39 is 35.5 Å². The molecule has 5 aliphatic rings. The van der Waals surface area contributed by atoms with Gasteiger partial charge in [-0.05, 0) is 55.2 Å². The molecular weight excluding hydrogens is 421 g/mol. The summed E-state index contributed by atoms with van der Waals surface area (Å²) in [6.45, 7) is 1.40. The fourth-order valence-electron chi connectivity index (χ4n) is 5.51. The van der Waals surface area contributed by atoms with Gasteiger partial charge < -0.3 is 5.32 Å². The fraction of sp³-hybridized carbons (Fsp3) is 0.476. The lowest BCUT2D eigenvalue weighted by atomic mass is 9.63. The average Bonchev–Trinajstić information content (AvgIpc) is 3.46. The summed E-state index contributed by atoms with van der Waals surface area (Å²) in [5.74, 6) is -1.45. The maximum Gasteiger partial charge on any atom is 0.416 e. The molecule has 7 atom stereocenters. The van der Waals surface area contributed by atoms with Crippen molar-refractivity contribution in [1.82, 2.24) is 4.90 Å². The third-order valence-electron chi connectivity index (χ3n) is 7.02. The van der Waals surface area contributed by atoms with Crippen LogP contribution in [0.2, 0.25) is 5.02 Å². The Morgan fingerprint density at radius 2 is 1.70 bits per heavy atom. The highest BCUT2D eigenvalue weighted by Gasteiger charge is 2.67. The Hall–Kier alpha value is -2.35. The van der Waals surface area contributed by atoms with Gasteiger partial charge in [0.15, 0.2) is 0 Å². The zero-order valence-electron chi connectivity index (χ0n) is 15.8. The minimum atomic E-state index is -4.60. The Morgan fingerprint density at radius 1 is 1.13 bits per heavy atom. The van der Waals surface area contributed by atoms with Crippen molar-refractivity contribution in [3.05, 3.63) is 40.9 Å². The maximum atomic E-state index is 13.1. The van der Waals surface area contributed by atoms with E-state index in [1.807, 2.05) is 12.2 Å². The van der Waals surface area contributed by atoms with Crippen LogP contribution in [0, 0.1) is 35.5 Å². The van der Waals surface area contributed by atoms with Crippen LogP contribution in [0.5, 0.6) is 0 Å². The zero-order chi connectivity index (χ0) is 21.5. The number of alkyl halides is 3. The molecule has 1 aromatic carbocycles. The third-order valence-corrected chi connectivity index (χ3v) is 7.34. The number of benzene rings is 1. The molecule has 1 aromatic rings. The monoisotopic (exact) mass is 438 g/mol. The second-order valence-electron chi connectivity index (χ2n) is 8.56. The van der Waals surface area contributed by atoms with Crippen molar-refractivity contribution in [1.29, 1.82) is 0 Å². The summed E-state index contributed by atoms with van der Waals surface area (Å²) >= 11 is 5.94. The largest absolute Gasteiger partial charge is 0.416 e. The first-order chi connectivity index (χ1) is 14.1. The smallest absolute Gasteiger partial charge is 0.323 e. The Kier molecular flexibility index (Phi) is 4.13. The van der Waals surface area contributed by atoms with Crippen LogP contribution in [-0.2, 0) is 20.6 Å². The normalized spacial score (nSPS) is 34.6. The number of carbonyl (C=O) groups excluding carboxylic acids is 3. The summed E-state index contributed by atoms with van der Waals surface area (Å²) in [6, 6.07) is 1.43. The SMILES string of the molecule is C[C@H](C(=O)Nc1cc(C(F)(F)F)ccc1Cl)N1C(=O)[C@@H]2[C@H]3C=C[C@@H]([C@@H]4C[C@H]34)[C@@H]2C1=O. The lowest BCUT2D eigenvalue weighted by Gasteiger charge is -2.37. The van der Waals surface area contributed by atoms with E-state index in [0.29, 0.717) is 11.8 Å². The number of nitrogens with zero attached hydrogens (tertiary/aromatic N) is 1. The van der Waals surface area contributed by atoms with E-state index >= 15 is 0 Å². The summed E-state index contributed by atoms with van der Waals surface area (Å²) < 4.78 is 38.9. The molecule has 30 heavy (non-hydrogen) atoms. The van der Waals surface area contributed by atoms with Crippen molar-refractivity contribution in [2.24, 2.45) is 35.5 Å². The molecule has 6 rings (SSSR count). The van der Waals surface area contributed by atoms with Crippen LogP contribution < -0.4 is 5.32 Å². The first-order valence-corrected chi connectivity index (χ1v) is 10.2. The molecule has 1 saturated heterocycles. The summed E-state index contributed by atoms with van der Waals surface area (Å²) in [4.78, 5) is 39.9. The lowest BCUT2D eigenvalue weighted by Crippen LogP contribution is -2.46. The van der Waals surface area contributed by atoms with Crippen molar-refractivity contribution in [3.63, 3.8) is 0 Å². The van der Waals surface area contributed by atoms with Crippen LogP contribution in [0.1, 0.15) is 18.9 Å². The number of carbonyl (C=O) groups is 3. The van der Waals surface area contributed by atoms with E-state index in [-0.39, 0.29) is 34.4 Å². The molecule has 2 bridgehead atoms. The first kappa shape index (κ1) is 19.6. The van der Waals surface area contributed by atoms with Crippen molar-refractivity contribution >= 4 is 35.0 Å². The van der Waals surface area contributed by atoms with Gasteiger partial charge in [-0.15, -0.1) is 0 Å². The van der Waals surface area contributed by atoms with Crippen molar-refractivity contribution in [3.8, 4) is 0 Å². The van der Waals surface area contributed by atoms with Gasteiger partial charge in [-0.25, -0.2) is 0 Å². The van der Waals surface area contributed by atoms with Gasteiger partial charge in [0.05, 0.1) is 28.1 Å². The molecule has 0 aromatic heterocycles. The Labute approximate surface area is 175 Å². The molecular formula is C21H18ClF3N2O3. The Morgan fingerprint density at radius 3 is 2.23 bits per heavy atom. The third kappa shape index (κ3) is 2.72. The molecule has 158 valence electrons. The second-order valence-corrected chi connectivity index (χ2v) is 8.97. The molecule has 3 amide bonds. The molecule has 0 radical (unpaired) electrons. The van der Waals surface area contributed by atoms with Crippen LogP contribution in [0.25, 0.3) is 0 Å². The van der Waals surface area contributed by atoms with Gasteiger partial charge in [0, 0.05) is 0 Å². The van der Waals surface area contributed by atoms with Gasteiger partial charge in [-0.3, -0.25) is 19.3 Å². The predicted octanol–water partition coefficient (Wildman–Crippen LogP) is 3.74. The van der Waals surface area contributed by atoms with E-state index in [4.69, 9.17) is 11.6 Å². The van der Waals surface area contributed by atoms with E-state index in [1.165, 1.54) is 6.92 Å². The standard InChI is InChI=1S/C21H18ClF3N2O3/c1-8(18(28)26-15-6-9(21(23,24)25)2-5-14(15)22)27-19(29)16-10-3-4-11(13-7-12(10)13)17(16)20(27)30/h2-6,8,10-13,16-17H,7H2,1H3,(H,26,28)/t8-,10+,11+,12-,13+,16-,17+/m1/s1. The molecule has 1 N–H and O–H groups in total. The summed E-state index contributed by atoms with van der Waals surface area (Å²) in [5, 5.41) is 2.27. The highest BCUT2D eigenvalue weighted by molar-refractivity contribution is 6.33. The number of halogens is 4. The van der Waals surface area contributed by atoms with Gasteiger partial charge in [0.1, 0.15) is 6.04 Å². The van der Waals surface area contributed by atoms with Crippen molar-refractivity contribution in [2.45, 2.75) is 25.6 Å². The molecule has 1 aliphatic heterocycles. The van der Waals surface area contributed by atoms with E-state index in [1.54, 1.807) is 0 Å². The quantitative estimate of drug-likeness (QED) is 0.577. The molecule has 0 unspecified atom stereocenters. The fourth-order valence-corrected chi connectivity index (χ4v) is 5.68. The topological polar surface area (TPSA) is 66.5 Å². The van der Waals surface area contributed by atoms with E-state index in [9.17, 15) is 27.6 Å². The molecule has 9 heteroatoms. The number of hydrogen-bond donors (Lipinski definition) is 1. The van der Waals surface area contributed by atoms with Gasteiger partial charge in [-0.1, -0.05) is 23.8 Å². The van der Waals surface area contributed by atoms with Crippen LogP contribution in [-0.4, -0.2) is 28.7 Å². The molecule has 4 aliphatic carbocycles. The second kappa shape index (κ2) is 6.33. The summed E-state index contributed by atoms with van der Waals surface area (Å²) in [7, 11) is 0. The minimum absolute atomic E-state index is 0.0274. The first-order valence-electron chi connectivity index (χ1n) is 9.82. The number of rotatable bonds is 3. The Bertz CT molecular complexity index is 972. The summed E-state index contributed by atoms with van der Waals surface area (Å²) in [5.41, 5.74) is -1.18. The predicted molar refractivity (Wildman–Crippen MR) is 101 cm³/mol. The van der Waals surface area contributed by atoms with Crippen LogP contribution in [0.15, 0.2) is 30.4 Å². The van der Waals surface area contributed by atoms with Crippen LogP contribution in [0.4, 0.5) is 18.9 Å². The zero-order valence-corrected chi connectivity index (χ0v) is 16.6. The number of imide groups is 1. The molecule has 3 fully saturated rings. The number of amides is 3. The number of anilines is 1. The van der Waals surface area contributed by atoms with Crippen molar-refractivity contribution in [2.75, 3.05) is 5.32 Å². The number of hydrogen-bond acceptors (Lipinski definition) is 3. The number of nitrogens with one attached hydrogen (secondary N) is 1. The molecule has 2 saturated carbocycles. The lowest BCUT2D eigenvalue weighted by molar-refractivity contribution is -0.146. The van der Waals surface area contributed by atoms with Crippen molar-refractivity contribution < 1.29 is 27.6 Å². The van der Waals surface area contributed by atoms with Gasteiger partial charge >= 0.3 is 6.18 Å². The molecule has 1 heterocycles. The average molecular weight is 439 g/mol. The van der Waals surface area contributed by atoms with Crippen LogP contribution >= 0.6 is 11.6 Å². The molecule has 5 nitrogen and oxygen atoms in total. The van der Waals surface area contributed by atoms with E-state index in [2.05, 4.69) is 5.32 Å². The van der Waals surface area contributed by atoms with Crippen LogP contribution in [0.3, 0.4) is 0 Å². The number of allylic oxidation sites excluding steroid dienone is 2. The highest BCUT2D eigenvalue weighted by Crippen LogP contribution is 2.65. The minimum Gasteiger partial charge on any atom is -0.323 e. The summed E-state index contributed by atoms with van der Waals surface area (Å²) in [6.07, 6.45) is 0.489. The molecule has 0 spiro atoms. The van der Waals surface area contributed by atoms with E-state index in [0.717, 1.165) is 29.5 Å². The van der Waals surface area contributed by atoms with Gasteiger partial charge in [-0.2, -0.15) is 13.2 Å². The highest BCUT2D eigenvalue weighted by atomic mass is 35.5. The van der Waals surface area contributed by atoms with Gasteiger partial charge in [0.2, 0.25) is 17.7 Å². The Balaban J connectivity index is 1.37. The van der Waals surface area contributed by atoms with Gasteiger partial charge in [0.25, 0.3) is 0 Å².